The maximum Gasteiger partial charge on any atom is 0.333 e. The molecule has 0 bridgehead atoms. The summed E-state index contributed by atoms with van der Waals surface area (Å²) in [4.78, 5) is 20.6. The van der Waals surface area contributed by atoms with Crippen LogP contribution in [-0.2, 0) is 23.8 Å². The van der Waals surface area contributed by atoms with E-state index in [4.69, 9.17) is 14.3 Å². The second-order valence-electron chi connectivity index (χ2n) is 5.06. The number of hydrogen-bond acceptors (Lipinski definition) is 8. The van der Waals surface area contributed by atoms with Crippen molar-refractivity contribution >= 4 is 29.1 Å². The molecule has 0 saturated heterocycles. The fourth-order valence-corrected chi connectivity index (χ4v) is 2.79. The van der Waals surface area contributed by atoms with Gasteiger partial charge in [0.15, 0.2) is 0 Å². The lowest BCUT2D eigenvalue weighted by molar-refractivity contribution is -0.135. The number of carbonyl (C=O) groups excluding carboxylic acids is 1. The second kappa shape index (κ2) is 10.6. The highest BCUT2D eigenvalue weighted by molar-refractivity contribution is 7.11. The van der Waals surface area contributed by atoms with Crippen molar-refractivity contribution in [2.24, 2.45) is 11.1 Å². The first-order chi connectivity index (χ1) is 12.0. The highest BCUT2D eigenvalue weighted by atomic mass is 32.1. The van der Waals surface area contributed by atoms with Crippen LogP contribution in [0, 0.1) is 5.92 Å². The Bertz CT molecular complexity index is 651. The Balaban J connectivity index is 2.90. The standard InChI is InChI=1S/C17H24N2O5S/c1-11(15(22-4)9-16(20)23-5)14(21-3)8-7-13-10-25-17(18-13)12(2)19-24-6/h7-11,14H,1-6H3/b8-7+,15-9+,19-12-. The molecule has 2 unspecified atom stereocenters. The van der Waals surface area contributed by atoms with Crippen LogP contribution in [0.5, 0.6) is 0 Å². The molecule has 1 aromatic rings. The number of methoxy groups -OCH3 is 3. The van der Waals surface area contributed by atoms with Gasteiger partial charge in [0.1, 0.15) is 23.6 Å². The van der Waals surface area contributed by atoms with Gasteiger partial charge in [0.05, 0.1) is 32.1 Å². The van der Waals surface area contributed by atoms with Crippen LogP contribution < -0.4 is 0 Å². The van der Waals surface area contributed by atoms with Crippen LogP contribution in [-0.4, -0.2) is 51.2 Å². The topological polar surface area (TPSA) is 79.2 Å². The van der Waals surface area contributed by atoms with Gasteiger partial charge in [-0.2, -0.15) is 0 Å². The number of nitrogens with zero attached hydrogens (tertiary/aromatic N) is 2. The molecule has 25 heavy (non-hydrogen) atoms. The maximum atomic E-state index is 11.4. The van der Waals surface area contributed by atoms with E-state index >= 15 is 0 Å². The SMILES string of the molecule is CO/N=C(/C)c1nc(/C=C/C(OC)C(C)/C(=C\C(=O)OC)OC)cs1. The summed E-state index contributed by atoms with van der Waals surface area (Å²) in [6, 6.07) is 0. The van der Waals surface area contributed by atoms with E-state index in [0.29, 0.717) is 11.5 Å². The third-order valence-electron chi connectivity index (χ3n) is 3.43. The summed E-state index contributed by atoms with van der Waals surface area (Å²) in [5.41, 5.74) is 1.50. The van der Waals surface area contributed by atoms with Gasteiger partial charge in [-0.15, -0.1) is 11.3 Å². The van der Waals surface area contributed by atoms with Crippen molar-refractivity contribution in [2.75, 3.05) is 28.4 Å². The average molecular weight is 368 g/mol. The fraction of sp³-hybridized carbons (Fsp3) is 0.471. The van der Waals surface area contributed by atoms with Crippen LogP contribution in [0.25, 0.3) is 6.08 Å². The molecule has 1 heterocycles. The average Bonchev–Trinajstić information content (AvgIpc) is 3.09. The molecule has 0 amide bonds. The summed E-state index contributed by atoms with van der Waals surface area (Å²) in [5, 5.41) is 6.57. The monoisotopic (exact) mass is 368 g/mol. The van der Waals surface area contributed by atoms with Crippen LogP contribution in [0.1, 0.15) is 24.5 Å². The third kappa shape index (κ3) is 6.32. The molecule has 0 fully saturated rings. The zero-order chi connectivity index (χ0) is 18.8. The van der Waals surface area contributed by atoms with E-state index in [-0.39, 0.29) is 12.0 Å². The van der Waals surface area contributed by atoms with Crippen LogP contribution in [0.4, 0.5) is 0 Å². The number of thiazole rings is 1. The first-order valence-electron chi connectivity index (χ1n) is 7.55. The Kier molecular flexibility index (Phi) is 8.87. The molecule has 1 rings (SSSR count). The van der Waals surface area contributed by atoms with Gasteiger partial charge in [-0.25, -0.2) is 9.78 Å². The molecule has 0 spiro atoms. The van der Waals surface area contributed by atoms with Crippen molar-refractivity contribution in [1.82, 2.24) is 4.98 Å². The number of hydrogen-bond donors (Lipinski definition) is 0. The Morgan fingerprint density at radius 3 is 2.56 bits per heavy atom. The molecule has 0 aliphatic carbocycles. The van der Waals surface area contributed by atoms with E-state index in [1.807, 2.05) is 31.4 Å². The van der Waals surface area contributed by atoms with Gasteiger partial charge in [0.2, 0.25) is 0 Å². The molecule has 0 aromatic carbocycles. The molecule has 7 nitrogen and oxygen atoms in total. The summed E-state index contributed by atoms with van der Waals surface area (Å²) < 4.78 is 15.4. The second-order valence-corrected chi connectivity index (χ2v) is 5.92. The van der Waals surface area contributed by atoms with E-state index in [2.05, 4.69) is 14.9 Å². The van der Waals surface area contributed by atoms with Gasteiger partial charge in [0, 0.05) is 18.4 Å². The van der Waals surface area contributed by atoms with Crippen molar-refractivity contribution < 1.29 is 23.8 Å². The van der Waals surface area contributed by atoms with Crippen LogP contribution in [0.3, 0.4) is 0 Å². The number of esters is 1. The van der Waals surface area contributed by atoms with Gasteiger partial charge < -0.3 is 19.0 Å². The zero-order valence-corrected chi connectivity index (χ0v) is 16.1. The predicted octanol–water partition coefficient (Wildman–Crippen LogP) is 2.88. The van der Waals surface area contributed by atoms with E-state index in [1.54, 1.807) is 7.11 Å². The number of carbonyl (C=O) groups is 1. The number of ether oxygens (including phenoxy) is 3. The van der Waals surface area contributed by atoms with E-state index in [0.717, 1.165) is 10.7 Å². The van der Waals surface area contributed by atoms with Crippen molar-refractivity contribution in [3.8, 4) is 0 Å². The molecule has 8 heteroatoms. The van der Waals surface area contributed by atoms with Gasteiger partial charge in [-0.05, 0) is 13.0 Å². The molecule has 1 aromatic heterocycles. The summed E-state index contributed by atoms with van der Waals surface area (Å²) in [6.07, 6.45) is 4.75. The first-order valence-corrected chi connectivity index (χ1v) is 8.42. The van der Waals surface area contributed by atoms with Gasteiger partial charge in [-0.1, -0.05) is 18.2 Å². The van der Waals surface area contributed by atoms with Gasteiger partial charge in [0.25, 0.3) is 0 Å². The predicted molar refractivity (Wildman–Crippen MR) is 97.4 cm³/mol. The van der Waals surface area contributed by atoms with Crippen LogP contribution in [0.15, 0.2) is 28.4 Å². The first kappa shape index (κ1) is 20.9. The molecular formula is C17H24N2O5S. The Hall–Kier alpha value is -2.19. The summed E-state index contributed by atoms with van der Waals surface area (Å²) in [6.45, 7) is 3.73. The molecule has 138 valence electrons. The highest BCUT2D eigenvalue weighted by Gasteiger charge is 2.20. The number of oxime groups is 1. The minimum Gasteiger partial charge on any atom is -0.500 e. The molecule has 0 radical (unpaired) electrons. The zero-order valence-electron chi connectivity index (χ0n) is 15.3. The minimum atomic E-state index is -0.473. The Morgan fingerprint density at radius 1 is 1.28 bits per heavy atom. The van der Waals surface area contributed by atoms with Crippen LogP contribution >= 0.6 is 11.3 Å². The number of aromatic nitrogens is 1. The molecule has 0 aliphatic rings. The lowest BCUT2D eigenvalue weighted by Crippen LogP contribution is -2.21. The van der Waals surface area contributed by atoms with Crippen LogP contribution in [0.2, 0.25) is 0 Å². The number of rotatable bonds is 9. The molecule has 0 aliphatic heterocycles. The van der Waals surface area contributed by atoms with Gasteiger partial charge >= 0.3 is 5.97 Å². The highest BCUT2D eigenvalue weighted by Crippen LogP contribution is 2.21. The lowest BCUT2D eigenvalue weighted by Gasteiger charge is -2.21. The van der Waals surface area contributed by atoms with Crippen molar-refractivity contribution in [3.63, 3.8) is 0 Å². The van der Waals surface area contributed by atoms with E-state index < -0.39 is 5.97 Å². The fourth-order valence-electron chi connectivity index (χ4n) is 2.06. The molecule has 0 N–H and O–H groups in total. The molecule has 2 atom stereocenters. The van der Waals surface area contributed by atoms with Crippen molar-refractivity contribution in [1.29, 1.82) is 0 Å². The van der Waals surface area contributed by atoms with Gasteiger partial charge in [-0.3, -0.25) is 0 Å². The summed E-state index contributed by atoms with van der Waals surface area (Å²) in [7, 11) is 5.92. The Labute approximate surface area is 151 Å². The summed E-state index contributed by atoms with van der Waals surface area (Å²) >= 11 is 1.48. The Morgan fingerprint density at radius 2 is 2.00 bits per heavy atom. The molecular weight excluding hydrogens is 344 g/mol. The quantitative estimate of drug-likeness (QED) is 0.219. The summed E-state index contributed by atoms with van der Waals surface area (Å²) in [5.74, 6) is -0.176. The van der Waals surface area contributed by atoms with E-state index in [9.17, 15) is 4.79 Å². The maximum absolute atomic E-state index is 11.4. The minimum absolute atomic E-state index is 0.180. The normalized spacial score (nSPS) is 15.1. The smallest absolute Gasteiger partial charge is 0.333 e. The third-order valence-corrected chi connectivity index (χ3v) is 4.40. The lowest BCUT2D eigenvalue weighted by atomic mass is 10.0. The largest absolute Gasteiger partial charge is 0.500 e. The van der Waals surface area contributed by atoms with Crippen molar-refractivity contribution in [3.05, 3.63) is 34.0 Å². The molecule has 0 saturated carbocycles. The van der Waals surface area contributed by atoms with Crippen molar-refractivity contribution in [2.45, 2.75) is 20.0 Å². The van der Waals surface area contributed by atoms with E-state index in [1.165, 1.54) is 38.7 Å².